The van der Waals surface area contributed by atoms with Crippen molar-refractivity contribution in [1.29, 1.82) is 0 Å². The van der Waals surface area contributed by atoms with Crippen molar-refractivity contribution in [2.45, 2.75) is 52.4 Å². The number of benzene rings is 3. The van der Waals surface area contributed by atoms with Gasteiger partial charge in [0.25, 0.3) is 5.56 Å². The molecule has 3 aromatic heterocycles. The first-order chi connectivity index (χ1) is 22.5. The highest BCUT2D eigenvalue weighted by molar-refractivity contribution is 7.15. The first kappa shape index (κ1) is 31.2. The first-order valence-corrected chi connectivity index (χ1v) is 16.6. The van der Waals surface area contributed by atoms with Crippen LogP contribution in [-0.4, -0.2) is 37.6 Å². The molecule has 0 saturated carbocycles. The summed E-state index contributed by atoms with van der Waals surface area (Å²) in [6, 6.07) is 22.1. The number of aromatic nitrogens is 5. The lowest BCUT2D eigenvalue weighted by molar-refractivity contribution is 0.294. The Morgan fingerprint density at radius 1 is 0.848 bits per heavy atom. The predicted octanol–water partition coefficient (Wildman–Crippen LogP) is 7.50. The highest BCUT2D eigenvalue weighted by Crippen LogP contribution is 2.29. The Kier molecular flexibility index (Phi) is 9.83. The minimum Gasteiger partial charge on any atom is -0.494 e. The number of hydrogen-bond acceptors (Lipinski definition) is 7. The Balaban J connectivity index is 1.30. The van der Waals surface area contributed by atoms with Crippen LogP contribution in [0, 0.1) is 5.82 Å². The van der Waals surface area contributed by atoms with E-state index in [2.05, 4.69) is 23.9 Å². The third kappa shape index (κ3) is 7.02. The molecule has 0 N–H and O–H groups in total. The molecule has 0 atom stereocenters. The van der Waals surface area contributed by atoms with E-state index in [0.29, 0.717) is 45.4 Å². The molecule has 0 aliphatic rings. The molecule has 0 fully saturated rings. The molecule has 0 saturated heterocycles. The number of fused-ring (bicyclic) bond motifs is 1. The minimum absolute atomic E-state index is 0.206. The monoisotopic (exact) mass is 637 g/mol. The Bertz CT molecular complexity index is 2020. The number of rotatable bonds is 14. The molecular weight excluding hydrogens is 601 g/mol. The van der Waals surface area contributed by atoms with Crippen LogP contribution in [0.5, 0.6) is 11.5 Å². The topological polar surface area (TPSA) is 83.5 Å². The number of ether oxygens (including phenoxy) is 2. The van der Waals surface area contributed by atoms with Crippen LogP contribution in [0.25, 0.3) is 39.4 Å². The van der Waals surface area contributed by atoms with Crippen LogP contribution in [0.1, 0.15) is 57.9 Å². The van der Waals surface area contributed by atoms with Crippen molar-refractivity contribution in [3.05, 3.63) is 105 Å². The minimum atomic E-state index is -0.462. The van der Waals surface area contributed by atoms with Gasteiger partial charge in [0.1, 0.15) is 11.4 Å². The molecular formula is C36H36FN5O3S. The van der Waals surface area contributed by atoms with E-state index in [4.69, 9.17) is 14.6 Å². The highest BCUT2D eigenvalue weighted by atomic mass is 32.1. The molecule has 0 spiro atoms. The molecule has 8 nitrogen and oxygen atoms in total. The predicted molar refractivity (Wildman–Crippen MR) is 180 cm³/mol. The lowest BCUT2D eigenvalue weighted by Gasteiger charge is -2.08. The third-order valence-corrected chi connectivity index (χ3v) is 8.53. The quantitative estimate of drug-likeness (QED) is 0.115. The van der Waals surface area contributed by atoms with Crippen molar-refractivity contribution < 1.29 is 13.9 Å². The summed E-state index contributed by atoms with van der Waals surface area (Å²) in [6.45, 7) is 5.39. The number of para-hydroxylation sites is 1. The van der Waals surface area contributed by atoms with Crippen molar-refractivity contribution in [3.63, 3.8) is 0 Å². The van der Waals surface area contributed by atoms with E-state index in [1.807, 2.05) is 60.8 Å². The van der Waals surface area contributed by atoms with Crippen LogP contribution in [0.3, 0.4) is 0 Å². The van der Waals surface area contributed by atoms with Gasteiger partial charge in [0.05, 0.1) is 23.4 Å². The van der Waals surface area contributed by atoms with Gasteiger partial charge in [-0.15, -0.1) is 5.10 Å². The van der Waals surface area contributed by atoms with Crippen LogP contribution in [-0.2, 0) is 0 Å². The van der Waals surface area contributed by atoms with Gasteiger partial charge in [-0.1, -0.05) is 69.1 Å². The van der Waals surface area contributed by atoms with E-state index in [-0.39, 0.29) is 11.3 Å². The Morgan fingerprint density at radius 2 is 1.61 bits per heavy atom. The Hall–Kier alpha value is -4.83. The molecule has 3 heterocycles. The molecule has 0 amide bonds. The summed E-state index contributed by atoms with van der Waals surface area (Å²) in [5.41, 5.74) is 3.13. The fourth-order valence-corrected chi connectivity index (χ4v) is 5.94. The fourth-order valence-electron chi connectivity index (χ4n) is 5.04. The van der Waals surface area contributed by atoms with Gasteiger partial charge in [-0.3, -0.25) is 4.79 Å². The number of hydrogen-bond donors (Lipinski definition) is 0. The second kappa shape index (κ2) is 14.5. The number of unbranched alkanes of at least 4 members (excludes halogenated alkanes) is 4. The molecule has 6 aromatic rings. The number of thiazole rings is 1. The summed E-state index contributed by atoms with van der Waals surface area (Å²) in [5.74, 6) is 1.01. The standard InChI is InChI=1S/C36H36FN5O3S/c1-3-5-7-11-21-44-29-17-14-25(15-18-29)34-38-36-42(40-34)35(43)32(46-36)23-27-24-41(28-12-9-8-10-13-28)39-33(27)26-16-19-31(30(37)22-26)45-20-6-4-2/h8-10,12-19,22-24H,3-7,11,20-21H2,1-2H3. The molecule has 0 radical (unpaired) electrons. The summed E-state index contributed by atoms with van der Waals surface area (Å²) >= 11 is 1.25. The van der Waals surface area contributed by atoms with E-state index in [9.17, 15) is 4.79 Å². The van der Waals surface area contributed by atoms with Gasteiger partial charge < -0.3 is 9.47 Å². The molecule has 0 bridgehead atoms. The number of halogens is 1. The van der Waals surface area contributed by atoms with E-state index in [0.717, 1.165) is 42.7 Å². The van der Waals surface area contributed by atoms with Gasteiger partial charge in [0.2, 0.25) is 4.96 Å². The molecule has 0 unspecified atom stereocenters. The van der Waals surface area contributed by atoms with Crippen LogP contribution >= 0.6 is 11.3 Å². The van der Waals surface area contributed by atoms with E-state index in [1.165, 1.54) is 34.8 Å². The fraction of sp³-hybridized carbons (Fsp3) is 0.278. The number of nitrogens with zero attached hydrogens (tertiary/aromatic N) is 5. The maximum Gasteiger partial charge on any atom is 0.291 e. The lowest BCUT2D eigenvalue weighted by atomic mass is 10.1. The van der Waals surface area contributed by atoms with Crippen LogP contribution in [0.15, 0.2) is 83.8 Å². The van der Waals surface area contributed by atoms with Crippen molar-refractivity contribution in [2.24, 2.45) is 0 Å². The second-order valence-corrected chi connectivity index (χ2v) is 12.0. The molecule has 236 valence electrons. The van der Waals surface area contributed by atoms with E-state index < -0.39 is 5.82 Å². The summed E-state index contributed by atoms with van der Waals surface area (Å²) < 4.78 is 30.0. The summed E-state index contributed by atoms with van der Waals surface area (Å²) in [7, 11) is 0. The van der Waals surface area contributed by atoms with E-state index in [1.54, 1.807) is 22.9 Å². The smallest absolute Gasteiger partial charge is 0.291 e. The van der Waals surface area contributed by atoms with Gasteiger partial charge in [0, 0.05) is 22.9 Å². The van der Waals surface area contributed by atoms with Crippen molar-refractivity contribution in [1.82, 2.24) is 24.4 Å². The average Bonchev–Trinajstić information content (AvgIpc) is 3.77. The van der Waals surface area contributed by atoms with Crippen molar-refractivity contribution in [2.75, 3.05) is 13.2 Å². The van der Waals surface area contributed by atoms with Crippen LogP contribution in [0.4, 0.5) is 4.39 Å². The summed E-state index contributed by atoms with van der Waals surface area (Å²) in [4.78, 5) is 18.6. The van der Waals surface area contributed by atoms with Crippen molar-refractivity contribution >= 4 is 22.4 Å². The SMILES string of the molecule is CCCCCCOc1ccc(-c2nc3sc(=Cc4cn(-c5ccccc5)nc4-c4ccc(OCCCC)c(F)c4)c(=O)n3n2)cc1. The molecule has 6 rings (SSSR count). The largest absolute Gasteiger partial charge is 0.494 e. The Morgan fingerprint density at radius 3 is 2.35 bits per heavy atom. The van der Waals surface area contributed by atoms with Gasteiger partial charge >= 0.3 is 0 Å². The maximum absolute atomic E-state index is 15.1. The third-order valence-electron chi connectivity index (χ3n) is 7.57. The molecule has 46 heavy (non-hydrogen) atoms. The zero-order valence-electron chi connectivity index (χ0n) is 26.0. The Labute approximate surface area is 270 Å². The van der Waals surface area contributed by atoms with Gasteiger partial charge in [-0.25, -0.2) is 9.07 Å². The first-order valence-electron chi connectivity index (χ1n) is 15.8. The van der Waals surface area contributed by atoms with Gasteiger partial charge in [-0.05, 0) is 73.5 Å². The zero-order chi connectivity index (χ0) is 31.9. The van der Waals surface area contributed by atoms with Gasteiger partial charge in [0.15, 0.2) is 17.4 Å². The van der Waals surface area contributed by atoms with Gasteiger partial charge in [-0.2, -0.15) is 14.6 Å². The summed E-state index contributed by atoms with van der Waals surface area (Å²) in [6.07, 6.45) is 10.0. The second-order valence-electron chi connectivity index (χ2n) is 11.0. The normalized spacial score (nSPS) is 11.8. The van der Waals surface area contributed by atoms with Crippen LogP contribution < -0.4 is 19.6 Å². The highest BCUT2D eigenvalue weighted by Gasteiger charge is 2.17. The molecule has 0 aliphatic carbocycles. The lowest BCUT2D eigenvalue weighted by Crippen LogP contribution is -2.23. The molecule has 0 aliphatic heterocycles. The van der Waals surface area contributed by atoms with E-state index >= 15 is 4.39 Å². The molecule has 3 aromatic carbocycles. The molecule has 10 heteroatoms. The summed E-state index contributed by atoms with van der Waals surface area (Å²) in [5, 5.41) is 9.30. The average molecular weight is 638 g/mol. The zero-order valence-corrected chi connectivity index (χ0v) is 26.8. The maximum atomic E-state index is 15.1. The van der Waals surface area contributed by atoms with Crippen molar-refractivity contribution in [3.8, 4) is 39.8 Å². The van der Waals surface area contributed by atoms with Crippen LogP contribution in [0.2, 0.25) is 0 Å².